The summed E-state index contributed by atoms with van der Waals surface area (Å²) in [7, 11) is 0. The van der Waals surface area contributed by atoms with Crippen LogP contribution in [0.2, 0.25) is 0 Å². The minimum atomic E-state index is 0.541. The standard InChI is InChI=1S/C12H19NO2S/c1-2-13-11-5-7-14-8-12(11)16-9-10-4-3-6-15-10/h3-4,6,11-13H,2,5,7-9H2,1H3. The molecule has 2 rings (SSSR count). The van der Waals surface area contributed by atoms with Crippen molar-refractivity contribution >= 4 is 11.8 Å². The highest BCUT2D eigenvalue weighted by Gasteiger charge is 2.25. The maximum absolute atomic E-state index is 5.54. The molecule has 1 N–H and O–H groups in total. The van der Waals surface area contributed by atoms with Crippen molar-refractivity contribution in [1.29, 1.82) is 0 Å². The topological polar surface area (TPSA) is 34.4 Å². The van der Waals surface area contributed by atoms with Crippen LogP contribution in [-0.2, 0) is 10.5 Å². The lowest BCUT2D eigenvalue weighted by molar-refractivity contribution is 0.0836. The first-order valence-corrected chi connectivity index (χ1v) is 6.90. The lowest BCUT2D eigenvalue weighted by Gasteiger charge is -2.31. The monoisotopic (exact) mass is 241 g/mol. The predicted octanol–water partition coefficient (Wildman–Crippen LogP) is 2.28. The molecule has 0 bridgehead atoms. The predicted molar refractivity (Wildman–Crippen MR) is 66.7 cm³/mol. The Labute approximate surface area is 101 Å². The molecule has 0 spiro atoms. The number of thioether (sulfide) groups is 1. The van der Waals surface area contributed by atoms with Gasteiger partial charge >= 0.3 is 0 Å². The highest BCUT2D eigenvalue weighted by molar-refractivity contribution is 7.99. The minimum Gasteiger partial charge on any atom is -0.468 e. The van der Waals surface area contributed by atoms with Crippen LogP contribution in [-0.4, -0.2) is 31.1 Å². The van der Waals surface area contributed by atoms with E-state index >= 15 is 0 Å². The Kier molecular flexibility index (Phi) is 4.75. The molecule has 4 heteroatoms. The van der Waals surface area contributed by atoms with Crippen LogP contribution >= 0.6 is 11.8 Å². The normalized spacial score (nSPS) is 25.8. The molecule has 2 atom stereocenters. The fourth-order valence-corrected chi connectivity index (χ4v) is 3.16. The van der Waals surface area contributed by atoms with E-state index in [1.165, 1.54) is 0 Å². The van der Waals surface area contributed by atoms with Crippen molar-refractivity contribution in [1.82, 2.24) is 5.32 Å². The van der Waals surface area contributed by atoms with Gasteiger partial charge < -0.3 is 14.5 Å². The molecule has 2 heterocycles. The summed E-state index contributed by atoms with van der Waals surface area (Å²) in [6.07, 6.45) is 2.85. The highest BCUT2D eigenvalue weighted by Crippen LogP contribution is 2.25. The first kappa shape index (κ1) is 12.0. The van der Waals surface area contributed by atoms with E-state index in [4.69, 9.17) is 9.15 Å². The zero-order chi connectivity index (χ0) is 11.2. The van der Waals surface area contributed by atoms with Crippen molar-refractivity contribution in [3.63, 3.8) is 0 Å². The Morgan fingerprint density at radius 3 is 3.25 bits per heavy atom. The molecule has 1 aliphatic rings. The second-order valence-electron chi connectivity index (χ2n) is 3.96. The fourth-order valence-electron chi connectivity index (χ4n) is 1.96. The molecule has 2 unspecified atom stereocenters. The fraction of sp³-hybridized carbons (Fsp3) is 0.667. The highest BCUT2D eigenvalue weighted by atomic mass is 32.2. The molecule has 0 aromatic carbocycles. The van der Waals surface area contributed by atoms with Crippen molar-refractivity contribution in [2.45, 2.75) is 30.4 Å². The van der Waals surface area contributed by atoms with Crippen molar-refractivity contribution in [2.24, 2.45) is 0 Å². The van der Waals surface area contributed by atoms with E-state index in [0.717, 1.165) is 37.7 Å². The Morgan fingerprint density at radius 1 is 1.56 bits per heavy atom. The SMILES string of the molecule is CCNC1CCOCC1SCc1ccco1. The summed E-state index contributed by atoms with van der Waals surface area (Å²) in [4.78, 5) is 0. The summed E-state index contributed by atoms with van der Waals surface area (Å²) in [6.45, 7) is 4.92. The molecule has 90 valence electrons. The van der Waals surface area contributed by atoms with Gasteiger partial charge in [0.25, 0.3) is 0 Å². The second-order valence-corrected chi connectivity index (χ2v) is 5.18. The lowest BCUT2D eigenvalue weighted by Crippen LogP contribution is -2.44. The van der Waals surface area contributed by atoms with Gasteiger partial charge in [-0.15, -0.1) is 11.8 Å². The molecule has 3 nitrogen and oxygen atoms in total. The number of nitrogens with one attached hydrogen (secondary N) is 1. The maximum atomic E-state index is 5.54. The second kappa shape index (κ2) is 6.33. The molecule has 1 aromatic heterocycles. The van der Waals surface area contributed by atoms with Gasteiger partial charge in [-0.3, -0.25) is 0 Å². The van der Waals surface area contributed by atoms with Crippen molar-refractivity contribution < 1.29 is 9.15 Å². The quantitative estimate of drug-likeness (QED) is 0.857. The summed E-state index contributed by atoms with van der Waals surface area (Å²) in [5.74, 6) is 1.98. The maximum Gasteiger partial charge on any atom is 0.113 e. The molecule has 1 saturated heterocycles. The van der Waals surface area contributed by atoms with Crippen LogP contribution in [0, 0.1) is 0 Å². The smallest absolute Gasteiger partial charge is 0.113 e. The Hall–Kier alpha value is -0.450. The summed E-state index contributed by atoms with van der Waals surface area (Å²) in [6, 6.07) is 4.55. The van der Waals surface area contributed by atoms with Gasteiger partial charge in [0.05, 0.1) is 18.6 Å². The number of hydrogen-bond donors (Lipinski definition) is 1. The zero-order valence-corrected chi connectivity index (χ0v) is 10.5. The Morgan fingerprint density at radius 2 is 2.50 bits per heavy atom. The van der Waals surface area contributed by atoms with Gasteiger partial charge in [0.1, 0.15) is 5.76 Å². The average molecular weight is 241 g/mol. The van der Waals surface area contributed by atoms with E-state index < -0.39 is 0 Å². The molecular weight excluding hydrogens is 222 g/mol. The summed E-state index contributed by atoms with van der Waals surface area (Å²) < 4.78 is 10.9. The van der Waals surface area contributed by atoms with Gasteiger partial charge in [-0.1, -0.05) is 6.92 Å². The molecule has 1 aromatic rings. The molecule has 1 aliphatic heterocycles. The first-order chi connectivity index (χ1) is 7.90. The van der Waals surface area contributed by atoms with E-state index in [-0.39, 0.29) is 0 Å². The van der Waals surface area contributed by atoms with Crippen LogP contribution in [0.5, 0.6) is 0 Å². The summed E-state index contributed by atoms with van der Waals surface area (Å²) in [5.41, 5.74) is 0. The first-order valence-electron chi connectivity index (χ1n) is 5.85. The third kappa shape index (κ3) is 3.27. The third-order valence-corrected chi connectivity index (χ3v) is 4.13. The molecule has 0 aliphatic carbocycles. The van der Waals surface area contributed by atoms with Crippen LogP contribution in [0.15, 0.2) is 22.8 Å². The van der Waals surface area contributed by atoms with Crippen LogP contribution < -0.4 is 5.32 Å². The van der Waals surface area contributed by atoms with Gasteiger partial charge in [0.15, 0.2) is 0 Å². The largest absolute Gasteiger partial charge is 0.468 e. The molecule has 0 radical (unpaired) electrons. The molecular formula is C12H19NO2S. The molecule has 0 saturated carbocycles. The molecule has 1 fully saturated rings. The van der Waals surface area contributed by atoms with Crippen molar-refractivity contribution in [2.75, 3.05) is 19.8 Å². The van der Waals surface area contributed by atoms with E-state index in [0.29, 0.717) is 11.3 Å². The van der Waals surface area contributed by atoms with Crippen LogP contribution in [0.4, 0.5) is 0 Å². The number of ether oxygens (including phenoxy) is 1. The Bertz CT molecular complexity index is 287. The van der Waals surface area contributed by atoms with Crippen molar-refractivity contribution in [3.05, 3.63) is 24.2 Å². The number of rotatable bonds is 5. The molecule has 0 amide bonds. The van der Waals surface area contributed by atoms with Crippen LogP contribution in [0.25, 0.3) is 0 Å². The summed E-state index contributed by atoms with van der Waals surface area (Å²) >= 11 is 1.92. The van der Waals surface area contributed by atoms with E-state index in [1.807, 2.05) is 23.9 Å². The molecule has 16 heavy (non-hydrogen) atoms. The van der Waals surface area contributed by atoms with Gasteiger partial charge in [-0.05, 0) is 25.1 Å². The van der Waals surface area contributed by atoms with Gasteiger partial charge in [0, 0.05) is 17.9 Å². The average Bonchev–Trinajstić information content (AvgIpc) is 2.81. The number of hydrogen-bond acceptors (Lipinski definition) is 4. The zero-order valence-electron chi connectivity index (χ0n) is 9.65. The van der Waals surface area contributed by atoms with Crippen LogP contribution in [0.3, 0.4) is 0 Å². The number of furan rings is 1. The van der Waals surface area contributed by atoms with E-state index in [1.54, 1.807) is 6.26 Å². The minimum absolute atomic E-state index is 0.541. The van der Waals surface area contributed by atoms with Gasteiger partial charge in [-0.25, -0.2) is 0 Å². The van der Waals surface area contributed by atoms with Crippen molar-refractivity contribution in [3.8, 4) is 0 Å². The van der Waals surface area contributed by atoms with E-state index in [9.17, 15) is 0 Å². The van der Waals surface area contributed by atoms with Crippen LogP contribution in [0.1, 0.15) is 19.1 Å². The van der Waals surface area contributed by atoms with Gasteiger partial charge in [0.2, 0.25) is 0 Å². The van der Waals surface area contributed by atoms with E-state index in [2.05, 4.69) is 12.2 Å². The Balaban J connectivity index is 1.81. The third-order valence-electron chi connectivity index (χ3n) is 2.79. The lowest BCUT2D eigenvalue weighted by atomic mass is 10.1. The summed E-state index contributed by atoms with van der Waals surface area (Å²) in [5, 5.41) is 4.07. The van der Waals surface area contributed by atoms with Gasteiger partial charge in [-0.2, -0.15) is 0 Å².